The molecule has 0 saturated carbocycles. The van der Waals surface area contributed by atoms with E-state index in [4.69, 9.17) is 5.84 Å². The highest BCUT2D eigenvalue weighted by Gasteiger charge is 2.24. The van der Waals surface area contributed by atoms with Gasteiger partial charge in [0.05, 0.1) is 0 Å². The second kappa shape index (κ2) is 2.58. The van der Waals surface area contributed by atoms with Gasteiger partial charge in [0.15, 0.2) is 0 Å². The first-order chi connectivity index (χ1) is 4.18. The summed E-state index contributed by atoms with van der Waals surface area (Å²) in [5.41, 5.74) is 0. The summed E-state index contributed by atoms with van der Waals surface area (Å²) in [6, 6.07) is 0. The van der Waals surface area contributed by atoms with Crippen molar-refractivity contribution in [2.75, 3.05) is 13.1 Å². The second-order valence-corrected chi connectivity index (χ2v) is 2.38. The molecular formula is C5H10F2N2. The maximum absolute atomic E-state index is 12.3. The largest absolute Gasteiger partial charge is 0.269 e. The van der Waals surface area contributed by atoms with Crippen LogP contribution in [0.25, 0.3) is 0 Å². The van der Waals surface area contributed by atoms with E-state index in [0.717, 1.165) is 0 Å². The maximum Gasteiger partial charge on any atom is 0.117 e. The molecule has 1 aliphatic rings. The van der Waals surface area contributed by atoms with Crippen LogP contribution in [0.1, 0.15) is 6.42 Å². The zero-order valence-electron chi connectivity index (χ0n) is 5.06. The molecule has 54 valence electrons. The van der Waals surface area contributed by atoms with Crippen molar-refractivity contribution >= 4 is 0 Å². The number of piperidine rings is 1. The van der Waals surface area contributed by atoms with E-state index in [2.05, 4.69) is 0 Å². The molecule has 0 aromatic rings. The average molecular weight is 136 g/mol. The fourth-order valence-corrected chi connectivity index (χ4v) is 1.01. The zero-order valence-corrected chi connectivity index (χ0v) is 5.06. The van der Waals surface area contributed by atoms with Crippen LogP contribution in [0.15, 0.2) is 0 Å². The number of halogens is 2. The minimum Gasteiger partial charge on any atom is -0.269 e. The molecule has 0 amide bonds. The standard InChI is InChI=1S/C5H10F2N2/c6-4-1-5(7)3-9(8)2-4/h4-5H,1-3,8H2. The van der Waals surface area contributed by atoms with Gasteiger partial charge in [-0.05, 0) is 0 Å². The van der Waals surface area contributed by atoms with Crippen LogP contribution in [-0.4, -0.2) is 30.4 Å². The third kappa shape index (κ3) is 1.87. The Hall–Kier alpha value is -0.220. The SMILES string of the molecule is NN1CC(F)CC(F)C1. The van der Waals surface area contributed by atoms with Crippen molar-refractivity contribution in [2.24, 2.45) is 5.84 Å². The molecule has 1 heterocycles. The van der Waals surface area contributed by atoms with Crippen LogP contribution < -0.4 is 5.84 Å². The van der Waals surface area contributed by atoms with Crippen LogP contribution in [0, 0.1) is 0 Å². The molecular weight excluding hydrogens is 126 g/mol. The predicted molar refractivity (Wildman–Crippen MR) is 30.2 cm³/mol. The van der Waals surface area contributed by atoms with Crippen LogP contribution in [0.5, 0.6) is 0 Å². The Morgan fingerprint density at radius 2 is 1.67 bits per heavy atom. The second-order valence-electron chi connectivity index (χ2n) is 2.38. The normalized spacial score (nSPS) is 39.0. The molecule has 9 heavy (non-hydrogen) atoms. The van der Waals surface area contributed by atoms with Gasteiger partial charge in [0, 0.05) is 19.5 Å². The fraction of sp³-hybridized carbons (Fsp3) is 1.00. The summed E-state index contributed by atoms with van der Waals surface area (Å²) in [4.78, 5) is 0. The molecule has 1 rings (SSSR count). The van der Waals surface area contributed by atoms with Gasteiger partial charge in [-0.25, -0.2) is 13.8 Å². The molecule has 0 aromatic carbocycles. The lowest BCUT2D eigenvalue weighted by atomic mass is 10.1. The minimum absolute atomic E-state index is 0.00764. The van der Waals surface area contributed by atoms with E-state index in [0.29, 0.717) is 0 Å². The van der Waals surface area contributed by atoms with Gasteiger partial charge < -0.3 is 0 Å². The highest BCUT2D eigenvalue weighted by molar-refractivity contribution is 4.75. The fourth-order valence-electron chi connectivity index (χ4n) is 1.01. The van der Waals surface area contributed by atoms with E-state index in [-0.39, 0.29) is 19.5 Å². The Kier molecular flexibility index (Phi) is 1.97. The van der Waals surface area contributed by atoms with Crippen molar-refractivity contribution in [3.8, 4) is 0 Å². The first-order valence-electron chi connectivity index (χ1n) is 2.96. The Labute approximate surface area is 52.6 Å². The van der Waals surface area contributed by atoms with E-state index < -0.39 is 12.3 Å². The van der Waals surface area contributed by atoms with Crippen LogP contribution in [0.2, 0.25) is 0 Å². The molecule has 1 fully saturated rings. The van der Waals surface area contributed by atoms with E-state index >= 15 is 0 Å². The van der Waals surface area contributed by atoms with E-state index in [1.807, 2.05) is 0 Å². The van der Waals surface area contributed by atoms with Crippen molar-refractivity contribution in [3.05, 3.63) is 0 Å². The van der Waals surface area contributed by atoms with Gasteiger partial charge in [-0.15, -0.1) is 0 Å². The Morgan fingerprint density at radius 1 is 1.22 bits per heavy atom. The lowest BCUT2D eigenvalue weighted by Crippen LogP contribution is -2.46. The molecule has 2 nitrogen and oxygen atoms in total. The molecule has 0 radical (unpaired) electrons. The first kappa shape index (κ1) is 6.89. The summed E-state index contributed by atoms with van der Waals surface area (Å²) in [6.07, 6.45) is -2.16. The van der Waals surface area contributed by atoms with E-state index in [1.54, 1.807) is 0 Å². The third-order valence-electron chi connectivity index (χ3n) is 1.38. The highest BCUT2D eigenvalue weighted by Crippen LogP contribution is 2.12. The average Bonchev–Trinajstić information content (AvgIpc) is 1.59. The minimum atomic E-state index is -1.08. The van der Waals surface area contributed by atoms with Crippen LogP contribution in [-0.2, 0) is 0 Å². The number of hydrazine groups is 1. The lowest BCUT2D eigenvalue weighted by Gasteiger charge is -2.26. The van der Waals surface area contributed by atoms with Crippen LogP contribution in [0.3, 0.4) is 0 Å². The quantitative estimate of drug-likeness (QED) is 0.483. The number of alkyl halides is 2. The topological polar surface area (TPSA) is 29.3 Å². The van der Waals surface area contributed by atoms with Gasteiger partial charge in [-0.3, -0.25) is 5.84 Å². The number of hydrogen-bond donors (Lipinski definition) is 1. The van der Waals surface area contributed by atoms with Crippen LogP contribution >= 0.6 is 0 Å². The van der Waals surface area contributed by atoms with Gasteiger partial charge in [-0.2, -0.15) is 0 Å². The molecule has 2 N–H and O–H groups in total. The monoisotopic (exact) mass is 136 g/mol. The molecule has 1 aliphatic heterocycles. The summed E-state index contributed by atoms with van der Waals surface area (Å²) < 4.78 is 24.6. The van der Waals surface area contributed by atoms with Crippen molar-refractivity contribution in [3.63, 3.8) is 0 Å². The smallest absolute Gasteiger partial charge is 0.117 e. The van der Waals surface area contributed by atoms with Gasteiger partial charge in [-0.1, -0.05) is 0 Å². The Bertz CT molecular complexity index is 73.9. The Morgan fingerprint density at radius 3 is 2.00 bits per heavy atom. The molecule has 0 spiro atoms. The predicted octanol–water partition coefficient (Wildman–Crippen LogP) is 0.242. The van der Waals surface area contributed by atoms with Crippen molar-refractivity contribution in [1.82, 2.24) is 5.01 Å². The molecule has 2 unspecified atom stereocenters. The van der Waals surface area contributed by atoms with Crippen molar-refractivity contribution in [2.45, 2.75) is 18.8 Å². The summed E-state index contributed by atoms with van der Waals surface area (Å²) >= 11 is 0. The molecule has 1 saturated heterocycles. The molecule has 0 bridgehead atoms. The molecule has 0 aromatic heterocycles. The maximum atomic E-state index is 12.3. The van der Waals surface area contributed by atoms with Crippen molar-refractivity contribution < 1.29 is 8.78 Å². The summed E-state index contributed by atoms with van der Waals surface area (Å²) in [7, 11) is 0. The highest BCUT2D eigenvalue weighted by atomic mass is 19.1. The third-order valence-corrected chi connectivity index (χ3v) is 1.38. The number of nitrogens with zero attached hydrogens (tertiary/aromatic N) is 1. The number of nitrogens with two attached hydrogens (primary N) is 1. The summed E-state index contributed by atoms with van der Waals surface area (Å²) in [5, 5.41) is 1.18. The van der Waals surface area contributed by atoms with E-state index in [9.17, 15) is 8.78 Å². The van der Waals surface area contributed by atoms with Crippen molar-refractivity contribution in [1.29, 1.82) is 0 Å². The summed E-state index contributed by atoms with van der Waals surface area (Å²) in [6.45, 7) is 0.334. The lowest BCUT2D eigenvalue weighted by molar-refractivity contribution is 0.0747. The first-order valence-corrected chi connectivity index (χ1v) is 2.96. The Balaban J connectivity index is 2.34. The summed E-state index contributed by atoms with van der Waals surface area (Å²) in [5.74, 6) is 5.17. The van der Waals surface area contributed by atoms with Gasteiger partial charge in [0.2, 0.25) is 0 Å². The van der Waals surface area contributed by atoms with Gasteiger partial charge >= 0.3 is 0 Å². The molecule has 0 aliphatic carbocycles. The van der Waals surface area contributed by atoms with Gasteiger partial charge in [0.1, 0.15) is 12.3 Å². The molecule has 2 atom stereocenters. The number of rotatable bonds is 0. The number of hydrogen-bond acceptors (Lipinski definition) is 2. The molecule has 4 heteroatoms. The van der Waals surface area contributed by atoms with Gasteiger partial charge in [0.25, 0.3) is 0 Å². The van der Waals surface area contributed by atoms with E-state index in [1.165, 1.54) is 5.01 Å². The van der Waals surface area contributed by atoms with Crippen LogP contribution in [0.4, 0.5) is 8.78 Å². The zero-order chi connectivity index (χ0) is 6.85.